The van der Waals surface area contributed by atoms with Gasteiger partial charge in [-0.1, -0.05) is 12.1 Å². The van der Waals surface area contributed by atoms with Crippen LogP contribution in [0.25, 0.3) is 0 Å². The normalized spacial score (nSPS) is 23.1. The van der Waals surface area contributed by atoms with Crippen molar-refractivity contribution in [3.05, 3.63) is 29.8 Å². The van der Waals surface area contributed by atoms with Gasteiger partial charge in [-0.15, -0.1) is 0 Å². The van der Waals surface area contributed by atoms with Gasteiger partial charge in [-0.2, -0.15) is 0 Å². The fourth-order valence-electron chi connectivity index (χ4n) is 1.41. The van der Waals surface area contributed by atoms with E-state index >= 15 is 0 Å². The highest BCUT2D eigenvalue weighted by Gasteiger charge is 2.40. The number of hydrogen-bond acceptors (Lipinski definition) is 3. The minimum Gasteiger partial charge on any atom is -0.491 e. The molecule has 1 aliphatic rings. The van der Waals surface area contributed by atoms with Crippen molar-refractivity contribution >= 4 is 0 Å². The van der Waals surface area contributed by atoms with E-state index in [9.17, 15) is 0 Å². The second kappa shape index (κ2) is 4.85. The Morgan fingerprint density at radius 1 is 1.31 bits per heavy atom. The number of ether oxygens (including phenoxy) is 3. The predicted molar refractivity (Wildman–Crippen MR) is 61.9 cm³/mol. The van der Waals surface area contributed by atoms with Gasteiger partial charge in [-0.25, -0.2) is 0 Å². The third kappa shape index (κ3) is 3.22. The maximum atomic E-state index is 5.64. The summed E-state index contributed by atoms with van der Waals surface area (Å²) in [4.78, 5) is 0. The van der Waals surface area contributed by atoms with Crippen molar-refractivity contribution in [2.75, 3.05) is 26.9 Å². The molecule has 0 saturated carbocycles. The summed E-state index contributed by atoms with van der Waals surface area (Å²) >= 11 is 0. The molecule has 1 unspecified atom stereocenters. The molecule has 3 heteroatoms. The van der Waals surface area contributed by atoms with Crippen LogP contribution in [-0.2, 0) is 15.9 Å². The maximum absolute atomic E-state index is 5.64. The summed E-state index contributed by atoms with van der Waals surface area (Å²) in [7, 11) is 1.72. The van der Waals surface area contributed by atoms with Crippen molar-refractivity contribution < 1.29 is 14.2 Å². The zero-order valence-corrected chi connectivity index (χ0v) is 9.86. The van der Waals surface area contributed by atoms with Gasteiger partial charge in [-0.05, 0) is 31.0 Å². The number of epoxide rings is 1. The molecular weight excluding hydrogens is 204 g/mol. The summed E-state index contributed by atoms with van der Waals surface area (Å²) in [6.07, 6.45) is 0.942. The first-order chi connectivity index (χ1) is 7.72. The third-order valence-corrected chi connectivity index (χ3v) is 2.70. The van der Waals surface area contributed by atoms with Crippen molar-refractivity contribution in [2.24, 2.45) is 0 Å². The Hall–Kier alpha value is -1.06. The Morgan fingerprint density at radius 3 is 2.56 bits per heavy atom. The molecule has 2 rings (SSSR count). The maximum Gasteiger partial charge on any atom is 0.123 e. The highest BCUT2D eigenvalue weighted by molar-refractivity contribution is 5.27. The van der Waals surface area contributed by atoms with Crippen LogP contribution >= 0.6 is 0 Å². The number of rotatable bonds is 6. The molecular formula is C13H18O3. The largest absolute Gasteiger partial charge is 0.491 e. The number of hydrogen-bond donors (Lipinski definition) is 0. The first-order valence-electron chi connectivity index (χ1n) is 5.56. The van der Waals surface area contributed by atoms with Gasteiger partial charge in [0, 0.05) is 7.11 Å². The fourth-order valence-corrected chi connectivity index (χ4v) is 1.41. The van der Waals surface area contributed by atoms with E-state index in [1.807, 2.05) is 12.1 Å². The molecule has 0 aliphatic carbocycles. The average Bonchev–Trinajstić information content (AvgIpc) is 3.04. The molecule has 0 N–H and O–H groups in total. The first kappa shape index (κ1) is 11.4. The predicted octanol–water partition coefficient (Wildman–Crippen LogP) is 2.04. The highest BCUT2D eigenvalue weighted by Crippen LogP contribution is 2.26. The van der Waals surface area contributed by atoms with Crippen LogP contribution in [0.3, 0.4) is 0 Å². The van der Waals surface area contributed by atoms with E-state index in [1.54, 1.807) is 7.11 Å². The summed E-state index contributed by atoms with van der Waals surface area (Å²) in [6, 6.07) is 8.14. The van der Waals surface area contributed by atoms with Gasteiger partial charge >= 0.3 is 0 Å². The first-order valence-corrected chi connectivity index (χ1v) is 5.56. The minimum absolute atomic E-state index is 0.0469. The molecule has 1 aliphatic heterocycles. The van der Waals surface area contributed by atoms with Crippen molar-refractivity contribution in [3.63, 3.8) is 0 Å². The van der Waals surface area contributed by atoms with E-state index in [-0.39, 0.29) is 5.60 Å². The second-order valence-electron chi connectivity index (χ2n) is 4.41. The van der Waals surface area contributed by atoms with Crippen molar-refractivity contribution in [1.82, 2.24) is 0 Å². The van der Waals surface area contributed by atoms with Crippen LogP contribution < -0.4 is 4.74 Å². The molecule has 0 bridgehead atoms. The molecule has 0 spiro atoms. The SMILES string of the molecule is COCCc1ccc(OCC2(C)CO2)cc1. The van der Waals surface area contributed by atoms with Crippen LogP contribution in [0.4, 0.5) is 0 Å². The van der Waals surface area contributed by atoms with Crippen LogP contribution in [0.2, 0.25) is 0 Å². The van der Waals surface area contributed by atoms with Crippen LogP contribution in [0.15, 0.2) is 24.3 Å². The zero-order chi connectivity index (χ0) is 11.4. The summed E-state index contributed by atoms with van der Waals surface area (Å²) < 4.78 is 15.9. The van der Waals surface area contributed by atoms with Gasteiger partial charge in [0.2, 0.25) is 0 Å². The van der Waals surface area contributed by atoms with Gasteiger partial charge in [0.15, 0.2) is 0 Å². The molecule has 1 aromatic rings. The summed E-state index contributed by atoms with van der Waals surface area (Å²) in [5.74, 6) is 0.901. The lowest BCUT2D eigenvalue weighted by Crippen LogP contribution is -2.16. The number of methoxy groups -OCH3 is 1. The Morgan fingerprint density at radius 2 is 2.00 bits per heavy atom. The van der Waals surface area contributed by atoms with Gasteiger partial charge in [0.1, 0.15) is 18.0 Å². The fraction of sp³-hybridized carbons (Fsp3) is 0.538. The second-order valence-corrected chi connectivity index (χ2v) is 4.41. The Kier molecular flexibility index (Phi) is 3.46. The van der Waals surface area contributed by atoms with E-state index in [0.29, 0.717) is 6.61 Å². The van der Waals surface area contributed by atoms with Gasteiger partial charge in [-0.3, -0.25) is 0 Å². The molecule has 1 atom stereocenters. The van der Waals surface area contributed by atoms with E-state index in [4.69, 9.17) is 14.2 Å². The molecule has 1 aromatic carbocycles. The van der Waals surface area contributed by atoms with E-state index in [0.717, 1.165) is 25.4 Å². The third-order valence-electron chi connectivity index (χ3n) is 2.70. The smallest absolute Gasteiger partial charge is 0.123 e. The lowest BCUT2D eigenvalue weighted by Gasteiger charge is -2.09. The highest BCUT2D eigenvalue weighted by atomic mass is 16.6. The lowest BCUT2D eigenvalue weighted by atomic mass is 10.1. The molecule has 1 fully saturated rings. The van der Waals surface area contributed by atoms with Gasteiger partial charge in [0.05, 0.1) is 13.2 Å². The standard InChI is InChI=1S/C13H18O3/c1-13(10-16-13)9-15-12-5-3-11(4-6-12)7-8-14-2/h3-6H,7-10H2,1-2H3. The van der Waals surface area contributed by atoms with Crippen LogP contribution in [-0.4, -0.2) is 32.5 Å². The minimum atomic E-state index is -0.0469. The van der Waals surface area contributed by atoms with Gasteiger partial charge < -0.3 is 14.2 Å². The summed E-state index contributed by atoms with van der Waals surface area (Å²) in [5.41, 5.74) is 1.22. The quantitative estimate of drug-likeness (QED) is 0.690. The van der Waals surface area contributed by atoms with Crippen molar-refractivity contribution in [3.8, 4) is 5.75 Å². The molecule has 0 aromatic heterocycles. The van der Waals surface area contributed by atoms with Gasteiger partial charge in [0.25, 0.3) is 0 Å². The molecule has 88 valence electrons. The van der Waals surface area contributed by atoms with Crippen LogP contribution in [0, 0.1) is 0 Å². The molecule has 0 amide bonds. The molecule has 1 saturated heterocycles. The van der Waals surface area contributed by atoms with E-state index in [2.05, 4.69) is 19.1 Å². The Labute approximate surface area is 96.3 Å². The van der Waals surface area contributed by atoms with E-state index < -0.39 is 0 Å². The monoisotopic (exact) mass is 222 g/mol. The van der Waals surface area contributed by atoms with Crippen molar-refractivity contribution in [2.45, 2.75) is 18.9 Å². The summed E-state index contributed by atoms with van der Waals surface area (Å²) in [6.45, 7) is 4.25. The topological polar surface area (TPSA) is 31.0 Å². The molecule has 16 heavy (non-hydrogen) atoms. The van der Waals surface area contributed by atoms with Crippen LogP contribution in [0.1, 0.15) is 12.5 Å². The average molecular weight is 222 g/mol. The summed E-state index contributed by atoms with van der Waals surface area (Å²) in [5, 5.41) is 0. The zero-order valence-electron chi connectivity index (χ0n) is 9.86. The van der Waals surface area contributed by atoms with Crippen LogP contribution in [0.5, 0.6) is 5.75 Å². The molecule has 1 heterocycles. The molecule has 3 nitrogen and oxygen atoms in total. The Balaban J connectivity index is 1.81. The lowest BCUT2D eigenvalue weighted by molar-refractivity contribution is 0.201. The van der Waals surface area contributed by atoms with E-state index in [1.165, 1.54) is 5.56 Å². The van der Waals surface area contributed by atoms with Crippen molar-refractivity contribution in [1.29, 1.82) is 0 Å². The molecule has 0 radical (unpaired) electrons. The number of benzene rings is 1. The Bertz CT molecular complexity index is 328.